The maximum atomic E-state index is 5.85. The fourth-order valence-electron chi connectivity index (χ4n) is 5.26. The molecule has 2 heterocycles. The molecule has 0 amide bonds. The molecule has 4 aromatic carbocycles. The number of furan rings is 2. The van der Waals surface area contributed by atoms with Crippen molar-refractivity contribution in [1.82, 2.24) is 0 Å². The summed E-state index contributed by atoms with van der Waals surface area (Å²) in [6, 6.07) is 30.3. The van der Waals surface area contributed by atoms with E-state index in [1.807, 2.05) is 0 Å². The van der Waals surface area contributed by atoms with Crippen molar-refractivity contribution in [2.75, 3.05) is 0 Å². The monoisotopic (exact) mass is 592 g/mol. The second-order valence-corrected chi connectivity index (χ2v) is 10.7. The molecule has 0 spiro atoms. The summed E-state index contributed by atoms with van der Waals surface area (Å²) < 4.78 is 11.7. The Hall–Kier alpha value is -2.90. The van der Waals surface area contributed by atoms with Gasteiger partial charge in [0.15, 0.2) is 0 Å². The fraction of sp³-hybridized carbons (Fsp3) is 0.278. The topological polar surface area (TPSA) is 26.3 Å². The average molecular weight is 594 g/mol. The Morgan fingerprint density at radius 2 is 1.00 bits per heavy atom. The Balaban J connectivity index is 0.000000176. The Bertz CT molecular complexity index is 1530. The molecule has 0 aliphatic rings. The standard InChI is InChI=1S/2C18H19O.Zr/c2*1-4-15-8-9-18(19-15)14-10-13-6-5-7-16(12(2)3)17(13)11-14;/h2*5-12H,4H2,1-3H3;/q2*-1;+2. The molecule has 3 heteroatoms. The molecule has 2 nitrogen and oxygen atoms in total. The zero-order valence-corrected chi connectivity index (χ0v) is 26.4. The van der Waals surface area contributed by atoms with E-state index in [0.717, 1.165) is 35.9 Å². The van der Waals surface area contributed by atoms with E-state index >= 15 is 0 Å². The van der Waals surface area contributed by atoms with Crippen molar-refractivity contribution in [1.29, 1.82) is 0 Å². The van der Waals surface area contributed by atoms with Gasteiger partial charge in [-0.25, -0.2) is 0 Å². The summed E-state index contributed by atoms with van der Waals surface area (Å²) in [7, 11) is 0. The van der Waals surface area contributed by atoms with Crippen molar-refractivity contribution in [3.8, 4) is 22.6 Å². The van der Waals surface area contributed by atoms with Crippen LogP contribution in [0.15, 0.2) is 93.8 Å². The number of fused-ring (bicyclic) bond motifs is 2. The van der Waals surface area contributed by atoms with Crippen LogP contribution in [0.5, 0.6) is 0 Å². The number of rotatable bonds is 6. The van der Waals surface area contributed by atoms with E-state index < -0.39 is 0 Å². The number of aryl methyl sites for hydroxylation is 2. The summed E-state index contributed by atoms with van der Waals surface area (Å²) in [5, 5.41) is 5.30. The van der Waals surface area contributed by atoms with E-state index in [2.05, 4.69) is 126 Å². The van der Waals surface area contributed by atoms with Crippen LogP contribution in [0.4, 0.5) is 0 Å². The van der Waals surface area contributed by atoms with E-state index in [1.54, 1.807) is 0 Å². The molecule has 0 bridgehead atoms. The fourth-order valence-corrected chi connectivity index (χ4v) is 5.26. The van der Waals surface area contributed by atoms with Gasteiger partial charge in [-0.05, 0) is 36.1 Å². The summed E-state index contributed by atoms with van der Waals surface area (Å²) >= 11 is 0. The van der Waals surface area contributed by atoms with Crippen LogP contribution in [-0.4, -0.2) is 0 Å². The van der Waals surface area contributed by atoms with Gasteiger partial charge in [-0.15, -0.1) is 57.9 Å². The van der Waals surface area contributed by atoms with Crippen LogP contribution in [0, 0.1) is 0 Å². The Labute approximate surface area is 251 Å². The van der Waals surface area contributed by atoms with Gasteiger partial charge in [0.1, 0.15) is 0 Å². The molecule has 0 N–H and O–H groups in total. The van der Waals surface area contributed by atoms with Crippen LogP contribution in [-0.2, 0) is 39.0 Å². The Kier molecular flexibility index (Phi) is 9.34. The first-order valence-corrected chi connectivity index (χ1v) is 13.9. The molecule has 6 rings (SSSR count). The first kappa shape index (κ1) is 29.1. The summed E-state index contributed by atoms with van der Waals surface area (Å²) in [5.74, 6) is 5.13. The minimum absolute atomic E-state index is 0. The summed E-state index contributed by atoms with van der Waals surface area (Å²) in [4.78, 5) is 0. The van der Waals surface area contributed by atoms with Gasteiger partial charge in [0, 0.05) is 12.8 Å². The molecule has 0 saturated carbocycles. The molecule has 0 unspecified atom stereocenters. The molecule has 39 heavy (non-hydrogen) atoms. The quantitative estimate of drug-likeness (QED) is 0.180. The van der Waals surface area contributed by atoms with Crippen LogP contribution in [0.2, 0.25) is 0 Å². The molecular formula is C36H38O2Zr. The predicted molar refractivity (Wildman–Crippen MR) is 161 cm³/mol. The van der Waals surface area contributed by atoms with E-state index in [4.69, 9.17) is 8.83 Å². The average Bonchev–Trinajstić information content (AvgIpc) is 3.72. The molecule has 0 saturated heterocycles. The van der Waals surface area contributed by atoms with Gasteiger partial charge in [0.05, 0.1) is 23.0 Å². The van der Waals surface area contributed by atoms with Crippen molar-refractivity contribution >= 4 is 21.5 Å². The van der Waals surface area contributed by atoms with Gasteiger partial charge in [0.25, 0.3) is 0 Å². The van der Waals surface area contributed by atoms with E-state index in [-0.39, 0.29) is 26.2 Å². The predicted octanol–water partition coefficient (Wildman–Crippen LogP) is 11.0. The first-order chi connectivity index (χ1) is 18.4. The minimum Gasteiger partial charge on any atom is -0.496 e. The van der Waals surface area contributed by atoms with E-state index in [1.165, 1.54) is 43.8 Å². The van der Waals surface area contributed by atoms with Gasteiger partial charge in [-0.1, -0.05) is 88.1 Å². The van der Waals surface area contributed by atoms with Gasteiger partial charge >= 0.3 is 26.2 Å². The van der Waals surface area contributed by atoms with Crippen molar-refractivity contribution in [3.63, 3.8) is 0 Å². The minimum atomic E-state index is 0. The number of benzene rings is 2. The Morgan fingerprint density at radius 3 is 1.33 bits per heavy atom. The van der Waals surface area contributed by atoms with Crippen LogP contribution < -0.4 is 0 Å². The maximum absolute atomic E-state index is 5.85. The molecule has 198 valence electrons. The first-order valence-electron chi connectivity index (χ1n) is 13.9. The van der Waals surface area contributed by atoms with Crippen molar-refractivity contribution < 1.29 is 35.0 Å². The third kappa shape index (κ3) is 6.15. The molecule has 6 aromatic rings. The van der Waals surface area contributed by atoms with Crippen LogP contribution in [0.1, 0.15) is 76.0 Å². The zero-order chi connectivity index (χ0) is 26.8. The van der Waals surface area contributed by atoms with Crippen molar-refractivity contribution in [2.24, 2.45) is 0 Å². The molecule has 0 radical (unpaired) electrons. The van der Waals surface area contributed by atoms with Crippen LogP contribution in [0.25, 0.3) is 44.2 Å². The maximum Gasteiger partial charge on any atom is 2.00 e. The largest absolute Gasteiger partial charge is 2.00 e. The molecule has 2 aromatic heterocycles. The molecule has 0 aliphatic carbocycles. The third-order valence-electron chi connectivity index (χ3n) is 7.40. The van der Waals surface area contributed by atoms with E-state index in [9.17, 15) is 0 Å². The van der Waals surface area contributed by atoms with Gasteiger partial charge in [-0.2, -0.15) is 0 Å². The summed E-state index contributed by atoms with van der Waals surface area (Å²) in [5.41, 5.74) is 5.18. The van der Waals surface area contributed by atoms with Gasteiger partial charge in [0.2, 0.25) is 0 Å². The Morgan fingerprint density at radius 1 is 0.590 bits per heavy atom. The zero-order valence-electron chi connectivity index (χ0n) is 24.0. The molecule has 0 fully saturated rings. The van der Waals surface area contributed by atoms with E-state index in [0.29, 0.717) is 11.8 Å². The smallest absolute Gasteiger partial charge is 0.496 e. The number of hydrogen-bond acceptors (Lipinski definition) is 2. The van der Waals surface area contributed by atoms with Crippen molar-refractivity contribution in [3.05, 3.63) is 108 Å². The van der Waals surface area contributed by atoms with Gasteiger partial charge < -0.3 is 8.83 Å². The summed E-state index contributed by atoms with van der Waals surface area (Å²) in [6.07, 6.45) is 1.88. The third-order valence-corrected chi connectivity index (χ3v) is 7.40. The van der Waals surface area contributed by atoms with Gasteiger partial charge in [-0.3, -0.25) is 0 Å². The van der Waals surface area contributed by atoms with Crippen molar-refractivity contribution in [2.45, 2.75) is 66.2 Å². The summed E-state index contributed by atoms with van der Waals surface area (Å²) in [6.45, 7) is 13.2. The molecule has 0 aliphatic heterocycles. The molecule has 0 atom stereocenters. The second kappa shape index (κ2) is 12.5. The molecular weight excluding hydrogens is 556 g/mol. The second-order valence-electron chi connectivity index (χ2n) is 10.7. The normalized spacial score (nSPS) is 11.3. The SMILES string of the molecule is CCc1ccc(-c2cc3c(C(C)C)cccc3[cH-]2)o1.CCc1ccc(-c2cc3c(C(C)C)cccc3[cH-]2)o1.[Zr+2]. The number of hydrogen-bond donors (Lipinski definition) is 0. The van der Waals surface area contributed by atoms with Crippen LogP contribution >= 0.6 is 0 Å². The van der Waals surface area contributed by atoms with Crippen LogP contribution in [0.3, 0.4) is 0 Å².